The zero-order valence-corrected chi connectivity index (χ0v) is 57.6. The molecule has 0 amide bonds. The van der Waals surface area contributed by atoms with Crippen LogP contribution >= 0.6 is 0 Å². The second-order valence-corrected chi connectivity index (χ2v) is 16.4. The average Bonchev–Trinajstić information content (AvgIpc) is 3.86. The summed E-state index contributed by atoms with van der Waals surface area (Å²) in [6, 6.07) is 38.0. The molecule has 0 bridgehead atoms. The van der Waals surface area contributed by atoms with Crippen LogP contribution in [-0.4, -0.2) is 132 Å². The fourth-order valence-corrected chi connectivity index (χ4v) is 7.40. The molecule has 0 atom stereocenters. The maximum absolute atomic E-state index is 12.0. The van der Waals surface area contributed by atoms with Gasteiger partial charge in [0.05, 0.1) is 26.2 Å². The first-order chi connectivity index (χ1) is 27.3. The third-order valence-electron chi connectivity index (χ3n) is 10.5. The zero-order valence-electron chi connectivity index (χ0n) is 47.9. The molecular formula is C61H92Ga4N4O2. The third-order valence-corrected chi connectivity index (χ3v) is 10.5. The van der Waals surface area contributed by atoms with Crippen molar-refractivity contribution in [1.29, 1.82) is 0 Å². The van der Waals surface area contributed by atoms with E-state index >= 15 is 0 Å². The Bertz CT molecular complexity index is 2090. The Morgan fingerprint density at radius 1 is 0.465 bits per heavy atom. The second kappa shape index (κ2) is 44.7. The van der Waals surface area contributed by atoms with Crippen LogP contribution in [0.4, 0.5) is 11.4 Å². The summed E-state index contributed by atoms with van der Waals surface area (Å²) in [6.45, 7) is 24.8. The van der Waals surface area contributed by atoms with Gasteiger partial charge in [0, 0.05) is 0 Å². The van der Waals surface area contributed by atoms with E-state index in [-0.39, 0.29) is 165 Å². The van der Waals surface area contributed by atoms with Crippen LogP contribution in [0.3, 0.4) is 0 Å². The predicted molar refractivity (Wildman–Crippen MR) is 321 cm³/mol. The molecule has 0 unspecified atom stereocenters. The van der Waals surface area contributed by atoms with E-state index in [1.165, 1.54) is 39.2 Å². The first kappa shape index (κ1) is 90.9. The molecule has 380 valence electrons. The maximum Gasteiger partial charge on any atom is 3.00 e. The topological polar surface area (TPSA) is 58.6 Å². The van der Waals surface area contributed by atoms with Crippen molar-refractivity contribution in [2.24, 2.45) is 0 Å². The molecule has 0 aliphatic carbocycles. The number of hydrogen-bond donors (Lipinski definition) is 0. The van der Waals surface area contributed by atoms with E-state index in [2.05, 4.69) is 142 Å². The van der Waals surface area contributed by atoms with Crippen molar-refractivity contribution in [1.82, 2.24) is 4.90 Å². The van der Waals surface area contributed by atoms with Crippen LogP contribution < -0.4 is 15.1 Å². The molecule has 6 nitrogen and oxygen atoms in total. The molecule has 0 fully saturated rings. The number of nitrogens with zero attached hydrogens (tertiary/aromatic N) is 4. The number of rotatable bonds is 10. The Morgan fingerprint density at radius 2 is 0.859 bits per heavy atom. The Labute approximate surface area is 493 Å². The molecule has 0 spiro atoms. The van der Waals surface area contributed by atoms with Crippen molar-refractivity contribution in [2.75, 3.05) is 31.1 Å². The predicted octanol–water partition coefficient (Wildman–Crippen LogP) is 13.0. The molecule has 2 aliphatic rings. The monoisotopic (exact) mass is 1190 g/mol. The van der Waals surface area contributed by atoms with Crippen molar-refractivity contribution in [2.45, 2.75) is 99.1 Å². The molecule has 0 saturated heterocycles. The minimum Gasteiger partial charge on any atom is -0.872 e. The molecule has 0 radical (unpaired) electrons. The van der Waals surface area contributed by atoms with Crippen LogP contribution in [0.2, 0.25) is 0 Å². The van der Waals surface area contributed by atoms with Gasteiger partial charge < -0.3 is 103 Å². The number of aryl methyl sites for hydroxylation is 1. The zero-order chi connectivity index (χ0) is 41.1. The van der Waals surface area contributed by atoms with Crippen molar-refractivity contribution in [3.05, 3.63) is 228 Å². The summed E-state index contributed by atoms with van der Waals surface area (Å²) in [6.07, 6.45) is 7.00. The molecule has 2 heterocycles. The van der Waals surface area contributed by atoms with Gasteiger partial charge in [0.15, 0.2) is 0 Å². The Hall–Kier alpha value is -2.81. The van der Waals surface area contributed by atoms with Crippen molar-refractivity contribution in [3.8, 4) is 11.5 Å². The molecule has 0 saturated carbocycles. The largest absolute Gasteiger partial charge is 3.00 e. The molecular weight excluding hydrogens is 1100 g/mol. The average molecular weight is 1190 g/mol. The molecule has 2 aliphatic heterocycles. The molecule has 10 heteroatoms. The summed E-state index contributed by atoms with van der Waals surface area (Å²) < 4.78 is 4.37. The summed E-state index contributed by atoms with van der Waals surface area (Å²) in [5.74, 6) is 2.07. The van der Waals surface area contributed by atoms with Crippen LogP contribution in [0.1, 0.15) is 118 Å². The van der Waals surface area contributed by atoms with Crippen LogP contribution in [0.25, 0.3) is 0 Å². The quantitative estimate of drug-likeness (QED) is 0.0794. The van der Waals surface area contributed by atoms with Crippen LogP contribution in [0, 0.1) is 81.2 Å². The van der Waals surface area contributed by atoms with Gasteiger partial charge in [-0.1, -0.05) is 198 Å². The van der Waals surface area contributed by atoms with Gasteiger partial charge in [-0.15, -0.1) is 11.5 Å². The molecule has 5 aromatic rings. The molecule has 5 aromatic carbocycles. The number of hydrogen-bond acceptors (Lipinski definition) is 4. The Balaban J connectivity index is -0.0000000979. The normalized spacial score (nSPS) is 11.1. The standard InChI is InChI=1S/2C22H28N2O.C7H8.10CH3.4Ga/c2*1-16(2)19-9-7-10-20(17(3)4)22(19)24-13-12-23(15-24)14-18-8-5-6-11-21(18)25;1-7-5-3-2-4-6-7;;;;;;;;;;;;;;/h2*5-11,16-17,25H,12-14H2,1-4H3;2-6H,1H3;10*1H3;;;;/q;;;10*-1;4*+3/p-2. The van der Waals surface area contributed by atoms with Gasteiger partial charge in [-0.2, -0.15) is 0 Å². The fourth-order valence-electron chi connectivity index (χ4n) is 7.40. The minimum absolute atomic E-state index is 0. The van der Waals surface area contributed by atoms with Gasteiger partial charge >= 0.3 is 79.2 Å². The Kier molecular flexibility index (Phi) is 57.2. The van der Waals surface area contributed by atoms with E-state index in [1.54, 1.807) is 24.3 Å². The second-order valence-electron chi connectivity index (χ2n) is 16.4. The molecule has 0 N–H and O–H groups in total. The summed E-state index contributed by atoms with van der Waals surface area (Å²) in [7, 11) is 0. The summed E-state index contributed by atoms with van der Waals surface area (Å²) in [4.78, 5) is 4.37. The van der Waals surface area contributed by atoms with E-state index in [1.807, 2.05) is 42.5 Å². The first-order valence-corrected chi connectivity index (χ1v) is 20.7. The SMILES string of the molecule is CC(C)c1cccc(C(C)C)c1N1[C-]=[N+](Cc2ccccc2[O-])CC1.CC(C)c1cccc(C(C)C)c1[N+]1=[C-]N(Cc2ccccc2[O-])CC1.Cc1ccccc1.[CH3-].[CH3-].[CH3-].[CH3-].[CH3-].[CH3-].[CH3-].[CH3-].[CH3-].[CH3-].[Ga+3].[Ga+3].[Ga+3].[Ga+3]. The van der Waals surface area contributed by atoms with Gasteiger partial charge in [-0.05, 0) is 53.1 Å². The van der Waals surface area contributed by atoms with Crippen LogP contribution in [-0.2, 0) is 13.1 Å². The molecule has 0 aromatic heterocycles. The van der Waals surface area contributed by atoms with E-state index in [0.717, 1.165) is 37.3 Å². The van der Waals surface area contributed by atoms with Crippen LogP contribution in [0.5, 0.6) is 11.5 Å². The minimum atomic E-state index is 0. The summed E-state index contributed by atoms with van der Waals surface area (Å²) in [5.41, 5.74) is 11.0. The van der Waals surface area contributed by atoms with E-state index < -0.39 is 0 Å². The van der Waals surface area contributed by atoms with Gasteiger partial charge in [0.2, 0.25) is 0 Å². The van der Waals surface area contributed by atoms with E-state index in [9.17, 15) is 10.2 Å². The van der Waals surface area contributed by atoms with Gasteiger partial charge in [-0.25, -0.2) is 0 Å². The number of anilines is 1. The van der Waals surface area contributed by atoms with Gasteiger partial charge in [0.25, 0.3) is 0 Å². The Morgan fingerprint density at radius 3 is 1.25 bits per heavy atom. The van der Waals surface area contributed by atoms with E-state index in [0.29, 0.717) is 36.8 Å². The fraction of sp³-hybridized carbons (Fsp3) is 0.311. The summed E-state index contributed by atoms with van der Waals surface area (Å²) >= 11 is 0. The summed E-state index contributed by atoms with van der Waals surface area (Å²) in [5, 5.41) is 24.0. The number of benzene rings is 5. The maximum atomic E-state index is 12.0. The molecule has 7 rings (SSSR count). The van der Waals surface area contributed by atoms with Crippen molar-refractivity contribution >= 4 is 103 Å². The number of para-hydroxylation sites is 4. The van der Waals surface area contributed by atoms with Crippen molar-refractivity contribution in [3.63, 3.8) is 0 Å². The molecule has 71 heavy (non-hydrogen) atoms. The van der Waals surface area contributed by atoms with E-state index in [4.69, 9.17) is 0 Å². The van der Waals surface area contributed by atoms with Gasteiger partial charge in [0.1, 0.15) is 25.8 Å². The smallest absolute Gasteiger partial charge is 0.872 e. The van der Waals surface area contributed by atoms with Crippen molar-refractivity contribution < 1.29 is 19.4 Å². The first-order valence-electron chi connectivity index (χ1n) is 20.7. The van der Waals surface area contributed by atoms with Crippen LogP contribution in [0.15, 0.2) is 115 Å². The van der Waals surface area contributed by atoms with Gasteiger partial charge in [-0.3, -0.25) is 0 Å². The third kappa shape index (κ3) is 25.8.